The highest BCUT2D eigenvalue weighted by Crippen LogP contribution is 2.23. The van der Waals surface area contributed by atoms with Gasteiger partial charge in [0.25, 0.3) is 5.91 Å². The number of para-hydroxylation sites is 1. The Balaban J connectivity index is 1.38. The molecule has 0 unspecified atom stereocenters. The second-order valence-electron chi connectivity index (χ2n) is 6.44. The average molecular weight is 409 g/mol. The van der Waals surface area contributed by atoms with E-state index in [1.165, 1.54) is 0 Å². The van der Waals surface area contributed by atoms with Crippen LogP contribution in [-0.4, -0.2) is 33.2 Å². The molecule has 2 aromatic heterocycles. The van der Waals surface area contributed by atoms with Crippen molar-refractivity contribution in [2.75, 3.05) is 11.9 Å². The van der Waals surface area contributed by atoms with Gasteiger partial charge in [-0.3, -0.25) is 9.48 Å². The summed E-state index contributed by atoms with van der Waals surface area (Å²) in [5.74, 6) is -0.565. The molecule has 1 amide bonds. The van der Waals surface area contributed by atoms with Crippen molar-refractivity contribution < 1.29 is 14.3 Å². The number of fused-ring (bicyclic) bond motifs is 1. The normalized spacial score (nSPS) is 10.8. The van der Waals surface area contributed by atoms with Crippen LogP contribution in [0.15, 0.2) is 60.7 Å². The van der Waals surface area contributed by atoms with Crippen molar-refractivity contribution in [3.05, 3.63) is 71.4 Å². The molecule has 0 saturated heterocycles. The van der Waals surface area contributed by atoms with Crippen LogP contribution in [-0.2, 0) is 16.6 Å². The van der Waals surface area contributed by atoms with Crippen LogP contribution in [0.4, 0.5) is 5.82 Å². The van der Waals surface area contributed by atoms with Gasteiger partial charge in [-0.1, -0.05) is 41.9 Å². The molecule has 4 aromatic rings. The molecule has 2 N–H and O–H groups in total. The van der Waals surface area contributed by atoms with Crippen molar-refractivity contribution in [1.82, 2.24) is 14.8 Å². The topological polar surface area (TPSA) is 89.0 Å². The Morgan fingerprint density at radius 1 is 1.14 bits per heavy atom. The van der Waals surface area contributed by atoms with Crippen LogP contribution in [0.25, 0.3) is 22.2 Å². The first-order valence-corrected chi connectivity index (χ1v) is 9.22. The quantitative estimate of drug-likeness (QED) is 0.488. The predicted octanol–water partition coefficient (Wildman–Crippen LogP) is 4.02. The van der Waals surface area contributed by atoms with E-state index in [4.69, 9.17) is 16.3 Å². The summed E-state index contributed by atoms with van der Waals surface area (Å²) in [5.41, 5.74) is 2.68. The molecule has 8 heteroatoms. The van der Waals surface area contributed by atoms with Crippen molar-refractivity contribution in [3.63, 3.8) is 0 Å². The standard InChI is InChI=1S/C21H17ClN4O3/c1-26-19(11-17(25-26)13-6-8-15(22)9-7-13)24-20(27)12-29-21(28)18-10-14-4-2-3-5-16(14)23-18/h2-11,23H,12H2,1H3,(H,24,27). The van der Waals surface area contributed by atoms with Crippen LogP contribution >= 0.6 is 11.6 Å². The molecule has 0 spiro atoms. The molecule has 0 radical (unpaired) electrons. The van der Waals surface area contributed by atoms with Gasteiger partial charge in [0, 0.05) is 34.6 Å². The Bertz CT molecular complexity index is 1160. The fourth-order valence-electron chi connectivity index (χ4n) is 2.92. The Labute approximate surface area is 171 Å². The lowest BCUT2D eigenvalue weighted by molar-refractivity contribution is -0.119. The Kier molecular flexibility index (Phi) is 5.05. The highest BCUT2D eigenvalue weighted by atomic mass is 35.5. The third-order valence-corrected chi connectivity index (χ3v) is 4.62. The molecule has 4 rings (SSSR count). The minimum atomic E-state index is -0.594. The number of halogens is 1. The van der Waals surface area contributed by atoms with Gasteiger partial charge in [0.1, 0.15) is 11.5 Å². The van der Waals surface area contributed by atoms with Crippen molar-refractivity contribution in [3.8, 4) is 11.3 Å². The largest absolute Gasteiger partial charge is 0.451 e. The maximum atomic E-state index is 12.2. The van der Waals surface area contributed by atoms with E-state index < -0.39 is 18.5 Å². The van der Waals surface area contributed by atoms with Crippen LogP contribution in [0.3, 0.4) is 0 Å². The third-order valence-electron chi connectivity index (χ3n) is 4.37. The second-order valence-corrected chi connectivity index (χ2v) is 6.88. The molecule has 29 heavy (non-hydrogen) atoms. The van der Waals surface area contributed by atoms with Gasteiger partial charge in [0.2, 0.25) is 0 Å². The number of anilines is 1. The number of carbonyl (C=O) groups excluding carboxylic acids is 2. The number of nitrogens with one attached hydrogen (secondary N) is 2. The van der Waals surface area contributed by atoms with Crippen LogP contribution in [0.2, 0.25) is 5.02 Å². The number of nitrogens with zero attached hydrogens (tertiary/aromatic N) is 2. The van der Waals surface area contributed by atoms with E-state index in [1.54, 1.807) is 36.0 Å². The molecule has 2 aromatic carbocycles. The van der Waals surface area contributed by atoms with Gasteiger partial charge in [-0.25, -0.2) is 4.79 Å². The number of hydrogen-bond acceptors (Lipinski definition) is 4. The Hall–Kier alpha value is -3.58. The number of esters is 1. The fraction of sp³-hybridized carbons (Fsp3) is 0.0952. The van der Waals surface area contributed by atoms with Gasteiger partial charge >= 0.3 is 5.97 Å². The first-order chi connectivity index (χ1) is 14.0. The number of ether oxygens (including phenoxy) is 1. The molecule has 0 atom stereocenters. The van der Waals surface area contributed by atoms with E-state index in [0.29, 0.717) is 22.2 Å². The second kappa shape index (κ2) is 7.81. The molecule has 2 heterocycles. The summed E-state index contributed by atoms with van der Waals surface area (Å²) in [6.07, 6.45) is 0. The summed E-state index contributed by atoms with van der Waals surface area (Å²) in [7, 11) is 1.71. The number of hydrogen-bond donors (Lipinski definition) is 2. The average Bonchev–Trinajstić information content (AvgIpc) is 3.30. The SMILES string of the molecule is Cn1nc(-c2ccc(Cl)cc2)cc1NC(=O)COC(=O)c1cc2ccccc2[nH]1. The lowest BCUT2D eigenvalue weighted by Gasteiger charge is -2.05. The number of H-pyrrole nitrogens is 1. The van der Waals surface area contributed by atoms with Crippen molar-refractivity contribution in [1.29, 1.82) is 0 Å². The summed E-state index contributed by atoms with van der Waals surface area (Å²) in [6.45, 7) is -0.407. The highest BCUT2D eigenvalue weighted by Gasteiger charge is 2.15. The molecule has 0 aliphatic heterocycles. The summed E-state index contributed by atoms with van der Waals surface area (Å²) >= 11 is 5.91. The number of rotatable bonds is 5. The summed E-state index contributed by atoms with van der Waals surface area (Å²) in [6, 6.07) is 18.2. The van der Waals surface area contributed by atoms with Gasteiger partial charge < -0.3 is 15.0 Å². The minimum Gasteiger partial charge on any atom is -0.451 e. The predicted molar refractivity (Wildman–Crippen MR) is 111 cm³/mol. The van der Waals surface area contributed by atoms with Crippen LogP contribution in [0.5, 0.6) is 0 Å². The zero-order valence-corrected chi connectivity index (χ0v) is 16.2. The van der Waals surface area contributed by atoms with E-state index in [2.05, 4.69) is 15.4 Å². The number of amides is 1. The Morgan fingerprint density at radius 2 is 1.90 bits per heavy atom. The molecule has 0 bridgehead atoms. The summed E-state index contributed by atoms with van der Waals surface area (Å²) < 4.78 is 6.65. The smallest absolute Gasteiger partial charge is 0.355 e. The minimum absolute atomic E-state index is 0.296. The number of benzene rings is 2. The van der Waals surface area contributed by atoms with E-state index >= 15 is 0 Å². The van der Waals surface area contributed by atoms with Gasteiger partial charge in [-0.05, 0) is 24.3 Å². The molecule has 0 fully saturated rings. The van der Waals surface area contributed by atoms with Gasteiger partial charge in [-0.2, -0.15) is 5.10 Å². The number of aromatic nitrogens is 3. The van der Waals surface area contributed by atoms with E-state index in [9.17, 15) is 9.59 Å². The monoisotopic (exact) mass is 408 g/mol. The van der Waals surface area contributed by atoms with Crippen LogP contribution in [0, 0.1) is 0 Å². The first kappa shape index (κ1) is 18.8. The van der Waals surface area contributed by atoms with Crippen LogP contribution in [0.1, 0.15) is 10.5 Å². The van der Waals surface area contributed by atoms with Crippen molar-refractivity contribution in [2.24, 2.45) is 7.05 Å². The fourth-order valence-corrected chi connectivity index (χ4v) is 3.04. The highest BCUT2D eigenvalue weighted by molar-refractivity contribution is 6.30. The molecular formula is C21H17ClN4O3. The zero-order valence-electron chi connectivity index (χ0n) is 15.5. The Morgan fingerprint density at radius 3 is 2.66 bits per heavy atom. The van der Waals surface area contributed by atoms with Crippen molar-refractivity contribution >= 4 is 40.2 Å². The lowest BCUT2D eigenvalue weighted by Crippen LogP contribution is -2.22. The number of carbonyl (C=O) groups is 2. The van der Waals surface area contributed by atoms with Gasteiger partial charge in [0.15, 0.2) is 6.61 Å². The maximum Gasteiger partial charge on any atom is 0.355 e. The molecule has 0 saturated carbocycles. The van der Waals surface area contributed by atoms with Crippen LogP contribution < -0.4 is 5.32 Å². The molecule has 7 nitrogen and oxygen atoms in total. The number of aryl methyl sites for hydroxylation is 1. The van der Waals surface area contributed by atoms with E-state index in [1.807, 2.05) is 36.4 Å². The van der Waals surface area contributed by atoms with Crippen molar-refractivity contribution in [2.45, 2.75) is 0 Å². The van der Waals surface area contributed by atoms with E-state index in [0.717, 1.165) is 16.5 Å². The maximum absolute atomic E-state index is 12.2. The third kappa shape index (κ3) is 4.14. The van der Waals surface area contributed by atoms with Gasteiger partial charge in [-0.15, -0.1) is 0 Å². The lowest BCUT2D eigenvalue weighted by atomic mass is 10.1. The number of aromatic amines is 1. The molecular weight excluding hydrogens is 392 g/mol. The first-order valence-electron chi connectivity index (χ1n) is 8.84. The molecule has 0 aliphatic rings. The summed E-state index contributed by atoms with van der Waals surface area (Å²) in [5, 5.41) is 8.60. The summed E-state index contributed by atoms with van der Waals surface area (Å²) in [4.78, 5) is 27.4. The molecule has 146 valence electrons. The molecule has 0 aliphatic carbocycles. The van der Waals surface area contributed by atoms with Gasteiger partial charge in [0.05, 0.1) is 5.69 Å². The van der Waals surface area contributed by atoms with E-state index in [-0.39, 0.29) is 0 Å². The zero-order chi connectivity index (χ0) is 20.4.